The fourth-order valence-electron chi connectivity index (χ4n) is 2.64. The minimum absolute atomic E-state index is 0.576. The molecule has 0 fully saturated rings. The number of aryl methyl sites for hydroxylation is 1. The van der Waals surface area contributed by atoms with E-state index in [4.69, 9.17) is 0 Å². The van der Waals surface area contributed by atoms with Crippen LogP contribution >= 0.6 is 25.3 Å². The number of thiol groups is 2. The van der Waals surface area contributed by atoms with Crippen LogP contribution in [0.3, 0.4) is 0 Å². The molecule has 8 heteroatoms. The molecule has 1 rings (SSSR count). The number of nitrogens with zero attached hydrogens (tertiary/aromatic N) is 6. The van der Waals surface area contributed by atoms with Crippen LogP contribution in [0.2, 0.25) is 0 Å². The number of benzene rings is 1. The van der Waals surface area contributed by atoms with E-state index in [0.717, 1.165) is 38.2 Å². The molecule has 0 aliphatic rings. The minimum atomic E-state index is 0.576. The minimum Gasteiger partial charge on any atom is -0.351 e. The first-order valence-electron chi connectivity index (χ1n) is 10.2. The van der Waals surface area contributed by atoms with Gasteiger partial charge in [0.05, 0.1) is 5.71 Å². The van der Waals surface area contributed by atoms with E-state index in [1.165, 1.54) is 5.56 Å². The Bertz CT molecular complexity index is 745. The quantitative estimate of drug-likeness (QED) is 0.259. The van der Waals surface area contributed by atoms with Crippen molar-refractivity contribution < 1.29 is 0 Å². The molecule has 0 aliphatic heterocycles. The molecule has 0 aliphatic carbocycles. The first-order chi connectivity index (χ1) is 13.9. The lowest BCUT2D eigenvalue weighted by molar-refractivity contribution is 0.473. The Morgan fingerprint density at radius 1 is 0.724 bits per heavy atom. The van der Waals surface area contributed by atoms with Crippen molar-refractivity contribution in [2.75, 3.05) is 26.2 Å². The zero-order valence-corrected chi connectivity index (χ0v) is 20.2. The summed E-state index contributed by atoms with van der Waals surface area (Å²) in [4.78, 5) is 4.05. The van der Waals surface area contributed by atoms with Gasteiger partial charge in [-0.3, -0.25) is 0 Å². The molecule has 0 radical (unpaired) electrons. The molecule has 0 heterocycles. The van der Waals surface area contributed by atoms with Crippen LogP contribution < -0.4 is 0 Å². The van der Waals surface area contributed by atoms with Crippen LogP contribution in [0, 0.1) is 0 Å². The largest absolute Gasteiger partial charge is 0.351 e. The average Bonchev–Trinajstić information content (AvgIpc) is 2.74. The van der Waals surface area contributed by atoms with Crippen molar-refractivity contribution in [2.24, 2.45) is 20.4 Å². The highest BCUT2D eigenvalue weighted by molar-refractivity contribution is 7.97. The van der Waals surface area contributed by atoms with Gasteiger partial charge in [-0.1, -0.05) is 31.2 Å². The van der Waals surface area contributed by atoms with Crippen molar-refractivity contribution in [3.05, 3.63) is 35.4 Å². The molecule has 1 aromatic rings. The second-order valence-corrected chi connectivity index (χ2v) is 7.13. The second kappa shape index (κ2) is 13.4. The highest BCUT2D eigenvalue weighted by Crippen LogP contribution is 2.10. The van der Waals surface area contributed by atoms with Crippen molar-refractivity contribution in [1.29, 1.82) is 0 Å². The number of hydrogen-bond acceptors (Lipinski definition) is 4. The highest BCUT2D eigenvalue weighted by atomic mass is 32.1. The second-order valence-electron chi connectivity index (χ2n) is 6.33. The van der Waals surface area contributed by atoms with E-state index in [9.17, 15) is 0 Å². The Labute approximate surface area is 186 Å². The molecule has 0 N–H and O–H groups in total. The monoisotopic (exact) mass is 434 g/mol. The van der Waals surface area contributed by atoms with Crippen molar-refractivity contribution in [3.8, 4) is 0 Å². The standard InChI is InChI=1S/C21H34N6S2/c1-7-17-12-14-18(15-13-17)19(23-25-21(29)27(10-4)11-5)16(6)22-24-20(28)26(8-2)9-3/h12-15H,7-11H2,1-6H3,(H,24,28)(H,25,29)/b22-16+,23-19-. The predicted octanol–water partition coefficient (Wildman–Crippen LogP) is 4.58. The number of rotatable bonds is 9. The Morgan fingerprint density at radius 2 is 1.17 bits per heavy atom. The van der Waals surface area contributed by atoms with Gasteiger partial charge < -0.3 is 9.80 Å². The third-order valence-electron chi connectivity index (χ3n) is 4.60. The Morgan fingerprint density at radius 3 is 1.59 bits per heavy atom. The van der Waals surface area contributed by atoms with Crippen LogP contribution in [-0.2, 0) is 6.42 Å². The highest BCUT2D eigenvalue weighted by Gasteiger charge is 2.10. The Kier molecular flexibility index (Phi) is 11.7. The van der Waals surface area contributed by atoms with Gasteiger partial charge in [-0.25, -0.2) is 0 Å². The van der Waals surface area contributed by atoms with Gasteiger partial charge in [0.15, 0.2) is 10.3 Å². The Balaban J connectivity index is 3.35. The van der Waals surface area contributed by atoms with E-state index in [1.54, 1.807) is 0 Å². The molecule has 29 heavy (non-hydrogen) atoms. The first kappa shape index (κ1) is 25.2. The molecule has 0 saturated heterocycles. The molecule has 1 aromatic carbocycles. The summed E-state index contributed by atoms with van der Waals surface area (Å²) < 4.78 is 0. The van der Waals surface area contributed by atoms with Gasteiger partial charge in [-0.15, -0.1) is 40.6 Å². The molecule has 0 saturated carbocycles. The molecule has 6 nitrogen and oxygen atoms in total. The van der Waals surface area contributed by atoms with Gasteiger partial charge in [0.25, 0.3) is 0 Å². The molecule has 0 aromatic heterocycles. The summed E-state index contributed by atoms with van der Waals surface area (Å²) in [7, 11) is 0. The summed E-state index contributed by atoms with van der Waals surface area (Å²) in [5.41, 5.74) is 3.53. The fourth-order valence-corrected chi connectivity index (χ4v) is 3.29. The van der Waals surface area contributed by atoms with Gasteiger partial charge in [0, 0.05) is 31.7 Å². The van der Waals surface area contributed by atoms with E-state index in [1.807, 2.05) is 28.9 Å². The van der Waals surface area contributed by atoms with E-state index < -0.39 is 0 Å². The normalized spacial score (nSPS) is 13.7. The van der Waals surface area contributed by atoms with Gasteiger partial charge in [0.2, 0.25) is 0 Å². The lowest BCUT2D eigenvalue weighted by Gasteiger charge is -2.18. The summed E-state index contributed by atoms with van der Waals surface area (Å²) in [5, 5.41) is 18.6. The lowest BCUT2D eigenvalue weighted by atomic mass is 10.0. The maximum absolute atomic E-state index is 4.49. The van der Waals surface area contributed by atoms with E-state index in [0.29, 0.717) is 21.8 Å². The van der Waals surface area contributed by atoms with E-state index in [-0.39, 0.29) is 0 Å². The SMILES string of the molecule is CCc1ccc(C(=N\N=C(/S)N(CC)CC)/C(C)=N/N=C(\S)N(CC)CC)cc1. The zero-order chi connectivity index (χ0) is 21.8. The van der Waals surface area contributed by atoms with Crippen LogP contribution in [0.15, 0.2) is 44.7 Å². The molecule has 0 spiro atoms. The smallest absolute Gasteiger partial charge is 0.182 e. The van der Waals surface area contributed by atoms with Crippen molar-refractivity contribution in [1.82, 2.24) is 9.80 Å². The van der Waals surface area contributed by atoms with Crippen LogP contribution in [0.5, 0.6) is 0 Å². The molecule has 0 atom stereocenters. The van der Waals surface area contributed by atoms with Crippen molar-refractivity contribution in [3.63, 3.8) is 0 Å². The Hall–Kier alpha value is -1.80. The first-order valence-corrected chi connectivity index (χ1v) is 11.1. The van der Waals surface area contributed by atoms with Gasteiger partial charge >= 0.3 is 0 Å². The topological polar surface area (TPSA) is 55.9 Å². The number of amidine groups is 2. The van der Waals surface area contributed by atoms with Gasteiger partial charge in [-0.05, 0) is 46.6 Å². The van der Waals surface area contributed by atoms with Crippen LogP contribution in [0.4, 0.5) is 0 Å². The van der Waals surface area contributed by atoms with Gasteiger partial charge in [0.1, 0.15) is 5.71 Å². The molecule has 0 bridgehead atoms. The summed E-state index contributed by atoms with van der Waals surface area (Å²) in [6.45, 7) is 15.5. The maximum atomic E-state index is 4.49. The van der Waals surface area contributed by atoms with Crippen LogP contribution in [0.1, 0.15) is 52.7 Å². The third kappa shape index (κ3) is 7.85. The molecular formula is C21H34N6S2. The molecule has 0 unspecified atom stereocenters. The summed E-state index contributed by atoms with van der Waals surface area (Å²) in [5.74, 6) is 0. The third-order valence-corrected chi connectivity index (χ3v) is 5.34. The lowest BCUT2D eigenvalue weighted by Crippen LogP contribution is -2.27. The summed E-state index contributed by atoms with van der Waals surface area (Å²) in [6, 6.07) is 8.27. The van der Waals surface area contributed by atoms with Crippen molar-refractivity contribution >= 4 is 47.0 Å². The molecular weight excluding hydrogens is 400 g/mol. The molecule has 0 amide bonds. The number of hydrogen-bond donors (Lipinski definition) is 2. The predicted molar refractivity (Wildman–Crippen MR) is 134 cm³/mol. The average molecular weight is 435 g/mol. The van der Waals surface area contributed by atoms with E-state index >= 15 is 0 Å². The van der Waals surface area contributed by atoms with Crippen molar-refractivity contribution in [2.45, 2.75) is 48.0 Å². The van der Waals surface area contributed by atoms with E-state index in [2.05, 4.69) is 92.4 Å². The zero-order valence-electron chi connectivity index (χ0n) is 18.4. The summed E-state index contributed by atoms with van der Waals surface area (Å²) in [6.07, 6.45) is 0.984. The maximum Gasteiger partial charge on any atom is 0.182 e. The molecule has 160 valence electrons. The van der Waals surface area contributed by atoms with Gasteiger partial charge in [-0.2, -0.15) is 5.10 Å². The fraction of sp³-hybridized carbons (Fsp3) is 0.524. The van der Waals surface area contributed by atoms with Crippen LogP contribution in [-0.4, -0.2) is 57.7 Å². The van der Waals surface area contributed by atoms with Crippen LogP contribution in [0.25, 0.3) is 0 Å². The summed E-state index contributed by atoms with van der Waals surface area (Å²) >= 11 is 8.95.